The molecule has 2 N–H and O–H groups in total. The molecule has 0 unspecified atom stereocenters. The normalized spacial score (nSPS) is 10.3. The highest BCUT2D eigenvalue weighted by molar-refractivity contribution is 9.10. The van der Waals surface area contributed by atoms with Crippen LogP contribution < -0.4 is 15.6 Å². The molecule has 0 aliphatic heterocycles. The minimum absolute atomic E-state index is 0.283. The van der Waals surface area contributed by atoms with E-state index in [1.807, 2.05) is 0 Å². The van der Waals surface area contributed by atoms with Crippen molar-refractivity contribution in [3.8, 4) is 5.75 Å². The predicted octanol–water partition coefficient (Wildman–Crippen LogP) is 2.93. The summed E-state index contributed by atoms with van der Waals surface area (Å²) in [6.07, 6.45) is 1.73. The van der Waals surface area contributed by atoms with E-state index in [9.17, 15) is 9.59 Å². The summed E-state index contributed by atoms with van der Waals surface area (Å²) < 4.78 is 7.64. The van der Waals surface area contributed by atoms with Gasteiger partial charge in [-0.2, -0.15) is 0 Å². The first-order valence-electron chi connectivity index (χ1n) is 6.35. The highest BCUT2D eigenvalue weighted by Gasteiger charge is 2.12. The van der Waals surface area contributed by atoms with E-state index in [1.54, 1.807) is 36.0 Å². The Labute approximate surface area is 150 Å². The molecule has 1 aromatic carbocycles. The zero-order chi connectivity index (χ0) is 17.0. The second-order valence-electron chi connectivity index (χ2n) is 4.52. The zero-order valence-electron chi connectivity index (χ0n) is 11.9. The number of halogens is 3. The van der Waals surface area contributed by atoms with Crippen LogP contribution in [-0.2, 0) is 11.8 Å². The fourth-order valence-electron chi connectivity index (χ4n) is 1.69. The van der Waals surface area contributed by atoms with Gasteiger partial charge in [-0.05, 0) is 34.1 Å². The minimum atomic E-state index is -0.516. The maximum Gasteiger partial charge on any atom is 0.286 e. The number of hydrogen-bond donors (Lipinski definition) is 2. The second kappa shape index (κ2) is 7.72. The van der Waals surface area contributed by atoms with E-state index in [4.69, 9.17) is 27.9 Å². The van der Waals surface area contributed by atoms with Crippen LogP contribution >= 0.6 is 39.1 Å². The first-order chi connectivity index (χ1) is 10.9. The summed E-state index contributed by atoms with van der Waals surface area (Å²) in [6.45, 7) is -0.283. The molecular formula is C14H12BrCl2N3O3. The van der Waals surface area contributed by atoms with Gasteiger partial charge in [-0.3, -0.25) is 20.4 Å². The fraction of sp³-hybridized carbons (Fsp3) is 0.143. The molecule has 0 saturated carbocycles. The average molecular weight is 421 g/mol. The Bertz CT molecular complexity index is 749. The van der Waals surface area contributed by atoms with E-state index in [0.29, 0.717) is 21.5 Å². The van der Waals surface area contributed by atoms with Crippen LogP contribution in [0.3, 0.4) is 0 Å². The number of nitrogens with zero attached hydrogens (tertiary/aromatic N) is 1. The lowest BCUT2D eigenvalue weighted by atomic mass is 10.3. The molecule has 0 fully saturated rings. The van der Waals surface area contributed by atoms with Gasteiger partial charge in [0.25, 0.3) is 11.8 Å². The van der Waals surface area contributed by atoms with Gasteiger partial charge in [0.05, 0.1) is 10.0 Å². The summed E-state index contributed by atoms with van der Waals surface area (Å²) in [4.78, 5) is 23.6. The number of aromatic nitrogens is 1. The van der Waals surface area contributed by atoms with Crippen molar-refractivity contribution in [2.45, 2.75) is 0 Å². The number of aryl methyl sites for hydroxylation is 1. The summed E-state index contributed by atoms with van der Waals surface area (Å²) in [5, 5.41) is 0.719. The van der Waals surface area contributed by atoms with Crippen molar-refractivity contribution in [3.05, 3.63) is 50.7 Å². The maximum atomic E-state index is 11.9. The molecule has 23 heavy (non-hydrogen) atoms. The molecule has 1 aromatic heterocycles. The van der Waals surface area contributed by atoms with Crippen LogP contribution in [0.1, 0.15) is 10.5 Å². The standard InChI is InChI=1S/C14H12BrCl2N3O3/c1-20-6-8(15)4-12(20)14(22)19-18-13(21)7-23-9-2-3-10(16)11(17)5-9/h2-6H,7H2,1H3,(H,18,21)(H,19,22). The van der Waals surface area contributed by atoms with Crippen LogP contribution in [-0.4, -0.2) is 23.0 Å². The Morgan fingerprint density at radius 2 is 1.96 bits per heavy atom. The number of amides is 2. The molecule has 0 atom stereocenters. The van der Waals surface area contributed by atoms with E-state index < -0.39 is 11.8 Å². The molecule has 6 nitrogen and oxygen atoms in total. The Kier molecular flexibility index (Phi) is 5.92. The summed E-state index contributed by atoms with van der Waals surface area (Å²) >= 11 is 14.9. The second-order valence-corrected chi connectivity index (χ2v) is 6.25. The van der Waals surface area contributed by atoms with Gasteiger partial charge < -0.3 is 9.30 Å². The van der Waals surface area contributed by atoms with Gasteiger partial charge in [0.1, 0.15) is 11.4 Å². The van der Waals surface area contributed by atoms with Gasteiger partial charge >= 0.3 is 0 Å². The smallest absolute Gasteiger partial charge is 0.286 e. The molecule has 122 valence electrons. The molecule has 2 rings (SSSR count). The van der Waals surface area contributed by atoms with Gasteiger partial charge in [-0.1, -0.05) is 23.2 Å². The Morgan fingerprint density at radius 3 is 2.57 bits per heavy atom. The van der Waals surface area contributed by atoms with Crippen LogP contribution in [0.2, 0.25) is 10.0 Å². The monoisotopic (exact) mass is 419 g/mol. The summed E-state index contributed by atoms with van der Waals surface area (Å²) in [7, 11) is 1.72. The average Bonchev–Trinajstić information content (AvgIpc) is 2.84. The van der Waals surface area contributed by atoms with Gasteiger partial charge in [0.2, 0.25) is 0 Å². The molecule has 9 heteroatoms. The summed E-state index contributed by atoms with van der Waals surface area (Å²) in [5.74, 6) is -0.564. The van der Waals surface area contributed by atoms with Crippen LogP contribution in [0.5, 0.6) is 5.75 Å². The van der Waals surface area contributed by atoms with Crippen molar-refractivity contribution in [3.63, 3.8) is 0 Å². The molecule has 1 heterocycles. The molecule has 0 radical (unpaired) electrons. The lowest BCUT2D eigenvalue weighted by Gasteiger charge is -2.09. The van der Waals surface area contributed by atoms with Crippen molar-refractivity contribution < 1.29 is 14.3 Å². The number of carbonyl (C=O) groups is 2. The van der Waals surface area contributed by atoms with Crippen molar-refractivity contribution >= 4 is 50.9 Å². The lowest BCUT2D eigenvalue weighted by molar-refractivity contribution is -0.123. The molecule has 2 amide bonds. The third kappa shape index (κ3) is 4.89. The molecular weight excluding hydrogens is 409 g/mol. The molecule has 2 aromatic rings. The zero-order valence-corrected chi connectivity index (χ0v) is 15.0. The SMILES string of the molecule is Cn1cc(Br)cc1C(=O)NNC(=O)COc1ccc(Cl)c(Cl)c1. The highest BCUT2D eigenvalue weighted by atomic mass is 79.9. The van der Waals surface area contributed by atoms with E-state index in [-0.39, 0.29) is 6.61 Å². The maximum absolute atomic E-state index is 11.9. The molecule has 0 aliphatic rings. The molecule has 0 spiro atoms. The Morgan fingerprint density at radius 1 is 1.22 bits per heavy atom. The number of hydrogen-bond acceptors (Lipinski definition) is 3. The minimum Gasteiger partial charge on any atom is -0.484 e. The topological polar surface area (TPSA) is 72.4 Å². The number of benzene rings is 1. The number of ether oxygens (including phenoxy) is 1. The van der Waals surface area contributed by atoms with Crippen molar-refractivity contribution in [1.82, 2.24) is 15.4 Å². The number of carbonyl (C=O) groups excluding carboxylic acids is 2. The predicted molar refractivity (Wildman–Crippen MR) is 90.7 cm³/mol. The van der Waals surface area contributed by atoms with Gasteiger partial charge in [-0.15, -0.1) is 0 Å². The van der Waals surface area contributed by atoms with Crippen molar-refractivity contribution in [2.24, 2.45) is 7.05 Å². The van der Waals surface area contributed by atoms with Crippen LogP contribution in [0.25, 0.3) is 0 Å². The fourth-order valence-corrected chi connectivity index (χ4v) is 2.50. The Hall–Kier alpha value is -1.70. The number of rotatable bonds is 4. The van der Waals surface area contributed by atoms with E-state index in [1.165, 1.54) is 6.07 Å². The van der Waals surface area contributed by atoms with Crippen LogP contribution in [0, 0.1) is 0 Å². The molecule has 0 aliphatic carbocycles. The third-order valence-electron chi connectivity index (χ3n) is 2.78. The third-order valence-corrected chi connectivity index (χ3v) is 3.95. The Balaban J connectivity index is 1.82. The summed E-state index contributed by atoms with van der Waals surface area (Å²) in [6, 6.07) is 6.28. The van der Waals surface area contributed by atoms with E-state index in [0.717, 1.165) is 4.47 Å². The van der Waals surface area contributed by atoms with Crippen molar-refractivity contribution in [1.29, 1.82) is 0 Å². The quantitative estimate of drug-likeness (QED) is 0.747. The summed E-state index contributed by atoms with van der Waals surface area (Å²) in [5.41, 5.74) is 4.96. The van der Waals surface area contributed by atoms with Gasteiger partial charge in [0.15, 0.2) is 6.61 Å². The van der Waals surface area contributed by atoms with E-state index >= 15 is 0 Å². The van der Waals surface area contributed by atoms with Crippen LogP contribution in [0.15, 0.2) is 34.9 Å². The van der Waals surface area contributed by atoms with Gasteiger partial charge in [0, 0.05) is 23.8 Å². The number of nitrogens with one attached hydrogen (secondary N) is 2. The first-order valence-corrected chi connectivity index (χ1v) is 7.90. The highest BCUT2D eigenvalue weighted by Crippen LogP contribution is 2.26. The van der Waals surface area contributed by atoms with Gasteiger partial charge in [-0.25, -0.2) is 0 Å². The lowest BCUT2D eigenvalue weighted by Crippen LogP contribution is -2.44. The number of hydrazine groups is 1. The first kappa shape index (κ1) is 17.7. The largest absolute Gasteiger partial charge is 0.484 e. The van der Waals surface area contributed by atoms with E-state index in [2.05, 4.69) is 26.8 Å². The van der Waals surface area contributed by atoms with Crippen LogP contribution in [0.4, 0.5) is 0 Å². The molecule has 0 bridgehead atoms. The molecule has 0 saturated heterocycles. The van der Waals surface area contributed by atoms with Crippen molar-refractivity contribution in [2.75, 3.05) is 6.61 Å².